The monoisotopic (exact) mass is 380 g/mol. The van der Waals surface area contributed by atoms with Gasteiger partial charge in [0.25, 0.3) is 0 Å². The van der Waals surface area contributed by atoms with Crippen LogP contribution in [-0.2, 0) is 0 Å². The van der Waals surface area contributed by atoms with Crippen molar-refractivity contribution in [2.24, 2.45) is 0 Å². The van der Waals surface area contributed by atoms with E-state index in [9.17, 15) is 9.18 Å². The van der Waals surface area contributed by atoms with Gasteiger partial charge in [0.15, 0.2) is 5.78 Å². The van der Waals surface area contributed by atoms with Gasteiger partial charge in [0.2, 0.25) is 0 Å². The molecule has 3 rings (SSSR count). The molecule has 0 spiro atoms. The molecule has 0 unspecified atom stereocenters. The van der Waals surface area contributed by atoms with Crippen molar-refractivity contribution in [3.63, 3.8) is 0 Å². The lowest BCUT2D eigenvalue weighted by Crippen LogP contribution is -2.10. The zero-order chi connectivity index (χ0) is 14.1. The normalized spacial score (nSPS) is 14.9. The van der Waals surface area contributed by atoms with Gasteiger partial charge in [0, 0.05) is 14.7 Å². The van der Waals surface area contributed by atoms with Gasteiger partial charge in [-0.1, -0.05) is 24.6 Å². The third-order valence-corrected chi connectivity index (χ3v) is 4.79. The van der Waals surface area contributed by atoms with Crippen molar-refractivity contribution in [2.75, 3.05) is 0 Å². The second-order valence-corrected chi connectivity index (χ2v) is 6.37. The summed E-state index contributed by atoms with van der Waals surface area (Å²) in [5.74, 6) is 0.264. The van der Waals surface area contributed by atoms with Gasteiger partial charge >= 0.3 is 0 Å². The van der Waals surface area contributed by atoms with Gasteiger partial charge in [-0.05, 0) is 71.2 Å². The van der Waals surface area contributed by atoms with Crippen LogP contribution in [0.1, 0.15) is 46.7 Å². The summed E-state index contributed by atoms with van der Waals surface area (Å²) in [7, 11) is 0. The molecule has 0 N–H and O–H groups in total. The highest BCUT2D eigenvalue weighted by Crippen LogP contribution is 2.36. The number of rotatable bonds is 3. The van der Waals surface area contributed by atoms with Crippen molar-refractivity contribution < 1.29 is 9.18 Å². The van der Waals surface area contributed by atoms with E-state index in [0.29, 0.717) is 20.6 Å². The van der Waals surface area contributed by atoms with E-state index in [0.717, 1.165) is 0 Å². The number of carbonyl (C=O) groups excluding carboxylic acids is 1. The Morgan fingerprint density at radius 2 is 1.95 bits per heavy atom. The highest BCUT2D eigenvalue weighted by atomic mass is 127. The number of ketones is 1. The molecule has 0 atom stereocenters. The molecule has 1 nitrogen and oxygen atoms in total. The average molecular weight is 380 g/mol. The van der Waals surface area contributed by atoms with E-state index < -0.39 is 0 Å². The van der Waals surface area contributed by atoms with Gasteiger partial charge in [-0.3, -0.25) is 4.79 Å². The van der Waals surface area contributed by atoms with E-state index in [-0.39, 0.29) is 11.6 Å². The lowest BCUT2D eigenvalue weighted by Gasteiger charge is -2.26. The SMILES string of the molecule is O=C(c1cccc(C2CCC2)c1)c1ccc(F)cc1I. The van der Waals surface area contributed by atoms with Crippen LogP contribution in [0.25, 0.3) is 0 Å². The van der Waals surface area contributed by atoms with Crippen LogP contribution in [0.15, 0.2) is 42.5 Å². The van der Waals surface area contributed by atoms with E-state index in [4.69, 9.17) is 0 Å². The maximum absolute atomic E-state index is 13.1. The van der Waals surface area contributed by atoms with E-state index in [1.807, 2.05) is 40.8 Å². The quantitative estimate of drug-likeness (QED) is 0.545. The largest absolute Gasteiger partial charge is 0.289 e. The number of benzene rings is 2. The van der Waals surface area contributed by atoms with Gasteiger partial charge in [-0.2, -0.15) is 0 Å². The van der Waals surface area contributed by atoms with Crippen molar-refractivity contribution in [3.8, 4) is 0 Å². The van der Waals surface area contributed by atoms with Crippen LogP contribution < -0.4 is 0 Å². The molecule has 0 saturated heterocycles. The molecule has 1 aliphatic rings. The van der Waals surface area contributed by atoms with E-state index in [1.54, 1.807) is 6.07 Å². The number of hydrogen-bond acceptors (Lipinski definition) is 1. The molecule has 0 heterocycles. The molecule has 0 bridgehead atoms. The second-order valence-electron chi connectivity index (χ2n) is 5.21. The number of carbonyl (C=O) groups is 1. The van der Waals surface area contributed by atoms with E-state index in [2.05, 4.69) is 6.07 Å². The van der Waals surface area contributed by atoms with Crippen LogP contribution in [0, 0.1) is 9.39 Å². The fraction of sp³-hybridized carbons (Fsp3) is 0.235. The first kappa shape index (κ1) is 13.7. The predicted molar refractivity (Wildman–Crippen MR) is 85.6 cm³/mol. The minimum Gasteiger partial charge on any atom is -0.289 e. The van der Waals surface area contributed by atoms with Gasteiger partial charge in [0.05, 0.1) is 0 Å². The molecule has 0 aromatic heterocycles. The third kappa shape index (κ3) is 2.64. The summed E-state index contributed by atoms with van der Waals surface area (Å²) in [5, 5.41) is 0. The van der Waals surface area contributed by atoms with Gasteiger partial charge in [-0.15, -0.1) is 0 Å². The third-order valence-electron chi connectivity index (χ3n) is 3.90. The van der Waals surface area contributed by atoms with Crippen molar-refractivity contribution in [2.45, 2.75) is 25.2 Å². The summed E-state index contributed by atoms with van der Waals surface area (Å²) in [4.78, 5) is 12.5. The Balaban J connectivity index is 1.93. The summed E-state index contributed by atoms with van der Waals surface area (Å²) in [5.41, 5.74) is 2.51. The molecule has 0 aliphatic heterocycles. The van der Waals surface area contributed by atoms with Crippen LogP contribution >= 0.6 is 22.6 Å². The van der Waals surface area contributed by atoms with E-state index >= 15 is 0 Å². The first-order valence-electron chi connectivity index (χ1n) is 6.75. The summed E-state index contributed by atoms with van der Waals surface area (Å²) in [6.45, 7) is 0. The summed E-state index contributed by atoms with van der Waals surface area (Å²) in [6.07, 6.45) is 3.70. The predicted octanol–water partition coefficient (Wildman–Crippen LogP) is 4.93. The number of halogens is 2. The smallest absolute Gasteiger partial charge is 0.194 e. The summed E-state index contributed by atoms with van der Waals surface area (Å²) in [6, 6.07) is 12.2. The van der Waals surface area contributed by atoms with Gasteiger partial charge < -0.3 is 0 Å². The average Bonchev–Trinajstić information content (AvgIpc) is 2.36. The molecule has 102 valence electrons. The molecular weight excluding hydrogens is 366 g/mol. The molecular formula is C17H14FIO. The van der Waals surface area contributed by atoms with Gasteiger partial charge in [-0.25, -0.2) is 4.39 Å². The maximum Gasteiger partial charge on any atom is 0.194 e. The van der Waals surface area contributed by atoms with Crippen LogP contribution in [0.5, 0.6) is 0 Å². The topological polar surface area (TPSA) is 17.1 Å². The van der Waals surface area contributed by atoms with Crippen molar-refractivity contribution in [3.05, 3.63) is 68.5 Å². The van der Waals surface area contributed by atoms with E-state index in [1.165, 1.54) is 37.0 Å². The molecule has 1 aliphatic carbocycles. The number of hydrogen-bond donors (Lipinski definition) is 0. The molecule has 20 heavy (non-hydrogen) atoms. The zero-order valence-electron chi connectivity index (χ0n) is 10.9. The second kappa shape index (κ2) is 5.64. The lowest BCUT2D eigenvalue weighted by molar-refractivity contribution is 0.103. The Bertz CT molecular complexity index is 662. The molecule has 2 aromatic rings. The Morgan fingerprint density at radius 3 is 2.60 bits per heavy atom. The highest BCUT2D eigenvalue weighted by Gasteiger charge is 2.21. The summed E-state index contributed by atoms with van der Waals surface area (Å²) >= 11 is 2.01. The lowest BCUT2D eigenvalue weighted by atomic mass is 9.79. The first-order chi connectivity index (χ1) is 9.65. The van der Waals surface area contributed by atoms with Crippen molar-refractivity contribution >= 4 is 28.4 Å². The fourth-order valence-corrected chi connectivity index (χ4v) is 3.23. The Labute approximate surface area is 131 Å². The molecule has 1 saturated carbocycles. The Hall–Kier alpha value is -1.23. The molecule has 1 fully saturated rings. The van der Waals surface area contributed by atoms with Crippen molar-refractivity contribution in [1.82, 2.24) is 0 Å². The van der Waals surface area contributed by atoms with Crippen LogP contribution in [0.4, 0.5) is 4.39 Å². The molecule has 2 aromatic carbocycles. The zero-order valence-corrected chi connectivity index (χ0v) is 13.1. The maximum atomic E-state index is 13.1. The molecule has 3 heteroatoms. The Morgan fingerprint density at radius 1 is 1.15 bits per heavy atom. The first-order valence-corrected chi connectivity index (χ1v) is 7.83. The summed E-state index contributed by atoms with van der Waals surface area (Å²) < 4.78 is 13.8. The van der Waals surface area contributed by atoms with Gasteiger partial charge in [0.1, 0.15) is 5.82 Å². The minimum absolute atomic E-state index is 0.0319. The minimum atomic E-state index is -0.311. The van der Waals surface area contributed by atoms with Crippen LogP contribution in [0.2, 0.25) is 0 Å². The van der Waals surface area contributed by atoms with Crippen LogP contribution in [-0.4, -0.2) is 5.78 Å². The standard InChI is InChI=1S/C17H14FIO/c18-14-7-8-15(16(19)10-14)17(20)13-6-2-5-12(9-13)11-3-1-4-11/h2,5-11H,1,3-4H2. The highest BCUT2D eigenvalue weighted by molar-refractivity contribution is 14.1. The molecule has 0 radical (unpaired) electrons. The Kier molecular flexibility index (Phi) is 3.87. The fourth-order valence-electron chi connectivity index (χ4n) is 2.50. The van der Waals surface area contributed by atoms with Crippen LogP contribution in [0.3, 0.4) is 0 Å². The molecule has 0 amide bonds. The van der Waals surface area contributed by atoms with Crippen molar-refractivity contribution in [1.29, 1.82) is 0 Å².